The van der Waals surface area contributed by atoms with Crippen LogP contribution in [0.15, 0.2) is 0 Å². The van der Waals surface area contributed by atoms with Gasteiger partial charge >= 0.3 is 0 Å². The average Bonchev–Trinajstić information content (AvgIpc) is 2.26. The molecule has 62 valence electrons. The Labute approximate surface area is 79.3 Å². The molecule has 0 atom stereocenters. The van der Waals surface area contributed by atoms with Crippen molar-refractivity contribution >= 4 is 28.5 Å². The maximum atomic E-state index is 5.57. The van der Waals surface area contributed by atoms with Crippen LogP contribution in [0.25, 0.3) is 0 Å². The Morgan fingerprint density at radius 2 is 2.36 bits per heavy atom. The van der Waals surface area contributed by atoms with Gasteiger partial charge in [-0.15, -0.1) is 0 Å². The second kappa shape index (κ2) is 3.89. The van der Waals surface area contributed by atoms with E-state index in [-0.39, 0.29) is 0 Å². The van der Waals surface area contributed by atoms with Crippen LogP contribution in [0.2, 0.25) is 0 Å². The molecule has 11 heavy (non-hydrogen) atoms. The zero-order valence-electron chi connectivity index (χ0n) is 6.42. The minimum atomic E-state index is 0.521. The molecule has 0 amide bonds. The van der Waals surface area contributed by atoms with E-state index in [1.807, 2.05) is 6.92 Å². The van der Waals surface area contributed by atoms with Gasteiger partial charge in [0.1, 0.15) is 5.82 Å². The number of hydrogen-bond donors (Lipinski definition) is 1. The summed E-state index contributed by atoms with van der Waals surface area (Å²) in [6.45, 7) is 2.71. The average molecular weight is 266 g/mol. The van der Waals surface area contributed by atoms with Gasteiger partial charge in [-0.3, -0.25) is 0 Å². The molecule has 1 rings (SSSR count). The first kappa shape index (κ1) is 8.76. The van der Waals surface area contributed by atoms with E-state index in [9.17, 15) is 0 Å². The van der Waals surface area contributed by atoms with E-state index in [1.165, 1.54) is 0 Å². The third-order valence-corrected chi connectivity index (χ3v) is 2.07. The molecular weight excluding hydrogens is 255 g/mol. The number of hydrogen-bond acceptors (Lipinski definition) is 3. The highest BCUT2D eigenvalue weighted by atomic mass is 127. The van der Waals surface area contributed by atoms with E-state index in [1.54, 1.807) is 4.68 Å². The SMILES string of the molecule is Cc1nc(N)n(CCCI)n1. The van der Waals surface area contributed by atoms with Crippen LogP contribution in [0.5, 0.6) is 0 Å². The molecule has 0 unspecified atom stereocenters. The first-order valence-corrected chi connectivity index (χ1v) is 4.99. The normalized spacial score (nSPS) is 10.4. The summed E-state index contributed by atoms with van der Waals surface area (Å²) in [5.74, 6) is 1.27. The highest BCUT2D eigenvalue weighted by Crippen LogP contribution is 2.01. The molecule has 0 aliphatic rings. The fourth-order valence-corrected chi connectivity index (χ4v) is 1.19. The van der Waals surface area contributed by atoms with Gasteiger partial charge in [-0.1, -0.05) is 22.6 Å². The van der Waals surface area contributed by atoms with Gasteiger partial charge in [0.05, 0.1) is 0 Å². The molecular formula is C6H11IN4. The van der Waals surface area contributed by atoms with E-state index >= 15 is 0 Å². The molecule has 5 heteroatoms. The Balaban J connectivity index is 2.62. The highest BCUT2D eigenvalue weighted by molar-refractivity contribution is 14.1. The fourth-order valence-electron chi connectivity index (χ4n) is 0.846. The van der Waals surface area contributed by atoms with Gasteiger partial charge in [0.15, 0.2) is 0 Å². The van der Waals surface area contributed by atoms with Crippen LogP contribution in [0.3, 0.4) is 0 Å². The van der Waals surface area contributed by atoms with Gasteiger partial charge in [0.25, 0.3) is 0 Å². The van der Waals surface area contributed by atoms with E-state index in [2.05, 4.69) is 32.7 Å². The number of anilines is 1. The van der Waals surface area contributed by atoms with Crippen molar-refractivity contribution in [2.75, 3.05) is 10.2 Å². The molecule has 0 aliphatic heterocycles. The minimum absolute atomic E-state index is 0.521. The number of aromatic nitrogens is 3. The molecule has 1 heterocycles. The van der Waals surface area contributed by atoms with Crippen molar-refractivity contribution in [3.63, 3.8) is 0 Å². The van der Waals surface area contributed by atoms with Crippen LogP contribution in [-0.2, 0) is 6.54 Å². The van der Waals surface area contributed by atoms with Crippen LogP contribution in [-0.4, -0.2) is 19.2 Å². The second-order valence-electron chi connectivity index (χ2n) is 2.28. The van der Waals surface area contributed by atoms with E-state index < -0.39 is 0 Å². The lowest BCUT2D eigenvalue weighted by molar-refractivity contribution is 0.612. The fraction of sp³-hybridized carbons (Fsp3) is 0.667. The zero-order chi connectivity index (χ0) is 8.27. The Morgan fingerprint density at radius 3 is 2.82 bits per heavy atom. The summed E-state index contributed by atoms with van der Waals surface area (Å²) >= 11 is 2.33. The lowest BCUT2D eigenvalue weighted by Crippen LogP contribution is -2.05. The lowest BCUT2D eigenvalue weighted by atomic mass is 10.5. The molecule has 4 nitrogen and oxygen atoms in total. The Bertz CT molecular complexity index is 232. The summed E-state index contributed by atoms with van der Waals surface area (Å²) in [6, 6.07) is 0. The number of alkyl halides is 1. The predicted octanol–water partition coefficient (Wildman–Crippen LogP) is 0.994. The van der Waals surface area contributed by atoms with Crippen LogP contribution in [0, 0.1) is 6.92 Å². The number of rotatable bonds is 3. The molecule has 0 saturated heterocycles. The largest absolute Gasteiger partial charge is 0.368 e. The monoisotopic (exact) mass is 266 g/mol. The summed E-state index contributed by atoms with van der Waals surface area (Å²) in [6.07, 6.45) is 1.09. The molecule has 0 fully saturated rings. The third kappa shape index (κ3) is 2.32. The van der Waals surface area contributed by atoms with Gasteiger partial charge in [0.2, 0.25) is 5.95 Å². The smallest absolute Gasteiger partial charge is 0.218 e. The molecule has 0 spiro atoms. The Morgan fingerprint density at radius 1 is 1.64 bits per heavy atom. The van der Waals surface area contributed by atoms with Crippen molar-refractivity contribution in [1.29, 1.82) is 0 Å². The van der Waals surface area contributed by atoms with Crippen molar-refractivity contribution in [2.24, 2.45) is 0 Å². The standard InChI is InChI=1S/C6H11IN4/c1-5-9-6(8)11(10-5)4-2-3-7/h2-4H2,1H3,(H2,8,9,10). The molecule has 1 aromatic rings. The Hall–Kier alpha value is -0.330. The zero-order valence-corrected chi connectivity index (χ0v) is 8.58. The highest BCUT2D eigenvalue weighted by Gasteiger charge is 2.00. The van der Waals surface area contributed by atoms with Gasteiger partial charge in [-0.25, -0.2) is 4.68 Å². The van der Waals surface area contributed by atoms with Crippen molar-refractivity contribution in [3.05, 3.63) is 5.82 Å². The second-order valence-corrected chi connectivity index (χ2v) is 3.36. The van der Waals surface area contributed by atoms with Gasteiger partial charge < -0.3 is 5.73 Å². The van der Waals surface area contributed by atoms with Crippen LogP contribution < -0.4 is 5.73 Å². The molecule has 0 bridgehead atoms. The van der Waals surface area contributed by atoms with E-state index in [0.717, 1.165) is 23.2 Å². The molecule has 0 radical (unpaired) electrons. The Kier molecular flexibility index (Phi) is 3.10. The summed E-state index contributed by atoms with van der Waals surface area (Å²) in [5, 5.41) is 4.12. The van der Waals surface area contributed by atoms with Gasteiger partial charge in [0, 0.05) is 11.0 Å². The summed E-state index contributed by atoms with van der Waals surface area (Å²) in [4.78, 5) is 3.99. The van der Waals surface area contributed by atoms with E-state index in [0.29, 0.717) is 5.95 Å². The molecule has 0 aromatic carbocycles. The maximum absolute atomic E-state index is 5.57. The molecule has 2 N–H and O–H groups in total. The van der Waals surface area contributed by atoms with Gasteiger partial charge in [-0.2, -0.15) is 10.1 Å². The lowest BCUT2D eigenvalue weighted by Gasteiger charge is -1.98. The summed E-state index contributed by atoms with van der Waals surface area (Å²) < 4.78 is 2.87. The number of aryl methyl sites for hydroxylation is 2. The first-order chi connectivity index (χ1) is 5.24. The van der Waals surface area contributed by atoms with Crippen LogP contribution in [0.1, 0.15) is 12.2 Å². The summed E-state index contributed by atoms with van der Waals surface area (Å²) in [5.41, 5.74) is 5.57. The van der Waals surface area contributed by atoms with Crippen LogP contribution >= 0.6 is 22.6 Å². The van der Waals surface area contributed by atoms with Gasteiger partial charge in [-0.05, 0) is 13.3 Å². The number of nitrogens with zero attached hydrogens (tertiary/aromatic N) is 3. The van der Waals surface area contributed by atoms with E-state index in [4.69, 9.17) is 5.73 Å². The molecule has 1 aromatic heterocycles. The topological polar surface area (TPSA) is 56.7 Å². The number of nitrogen functional groups attached to an aromatic ring is 1. The van der Waals surface area contributed by atoms with Crippen molar-refractivity contribution in [1.82, 2.24) is 14.8 Å². The quantitative estimate of drug-likeness (QED) is 0.655. The van der Waals surface area contributed by atoms with Crippen molar-refractivity contribution < 1.29 is 0 Å². The summed E-state index contributed by atoms with van der Waals surface area (Å²) in [7, 11) is 0. The number of halogens is 1. The predicted molar refractivity (Wildman–Crippen MR) is 52.7 cm³/mol. The molecule has 0 saturated carbocycles. The van der Waals surface area contributed by atoms with Crippen molar-refractivity contribution in [3.8, 4) is 0 Å². The molecule has 0 aliphatic carbocycles. The third-order valence-electron chi connectivity index (χ3n) is 1.31. The maximum Gasteiger partial charge on any atom is 0.218 e. The minimum Gasteiger partial charge on any atom is -0.368 e. The number of nitrogens with two attached hydrogens (primary N) is 1. The van der Waals surface area contributed by atoms with Crippen LogP contribution in [0.4, 0.5) is 5.95 Å². The van der Waals surface area contributed by atoms with Crippen molar-refractivity contribution in [2.45, 2.75) is 19.9 Å². The first-order valence-electron chi connectivity index (χ1n) is 3.47.